The van der Waals surface area contributed by atoms with Gasteiger partial charge in [0, 0.05) is 5.56 Å². The van der Waals surface area contributed by atoms with E-state index in [0.29, 0.717) is 16.5 Å². The van der Waals surface area contributed by atoms with Crippen LogP contribution in [0.5, 0.6) is 0 Å². The number of nitrogens with zero attached hydrogens (tertiary/aromatic N) is 2. The molecule has 3 nitrogen and oxygen atoms in total. The van der Waals surface area contributed by atoms with Crippen LogP contribution in [-0.4, -0.2) is 9.97 Å². The zero-order chi connectivity index (χ0) is 12.3. The summed E-state index contributed by atoms with van der Waals surface area (Å²) in [7, 11) is 0. The number of benzene rings is 1. The molecule has 2 aromatic rings. The molecule has 1 aromatic carbocycles. The van der Waals surface area contributed by atoms with Crippen LogP contribution in [0.4, 0.5) is 10.2 Å². The summed E-state index contributed by atoms with van der Waals surface area (Å²) >= 11 is 5.72. The molecule has 0 amide bonds. The number of hydrogen-bond donors (Lipinski definition) is 1. The average molecular weight is 252 g/mol. The Morgan fingerprint density at radius 1 is 1.29 bits per heavy atom. The van der Waals surface area contributed by atoms with E-state index in [2.05, 4.69) is 15.3 Å². The lowest BCUT2D eigenvalue weighted by Gasteiger charge is -2.15. The van der Waals surface area contributed by atoms with Crippen LogP contribution < -0.4 is 5.32 Å². The van der Waals surface area contributed by atoms with Gasteiger partial charge < -0.3 is 5.32 Å². The SMILES string of the molecule is CC(Nc1cncc(Cl)n1)c1ccccc1F. The Hall–Kier alpha value is -1.68. The fourth-order valence-corrected chi connectivity index (χ4v) is 1.68. The molecule has 0 saturated carbocycles. The van der Waals surface area contributed by atoms with Gasteiger partial charge in [0.15, 0.2) is 0 Å². The van der Waals surface area contributed by atoms with E-state index >= 15 is 0 Å². The molecule has 88 valence electrons. The maximum atomic E-state index is 13.5. The lowest BCUT2D eigenvalue weighted by Crippen LogP contribution is -2.09. The molecule has 1 unspecified atom stereocenters. The third-order valence-electron chi connectivity index (χ3n) is 2.34. The second-order valence-electron chi connectivity index (χ2n) is 3.61. The average Bonchev–Trinajstić information content (AvgIpc) is 2.29. The van der Waals surface area contributed by atoms with Crippen LogP contribution in [0.1, 0.15) is 18.5 Å². The number of anilines is 1. The van der Waals surface area contributed by atoms with Crippen molar-refractivity contribution in [2.75, 3.05) is 5.32 Å². The maximum absolute atomic E-state index is 13.5. The quantitative estimate of drug-likeness (QED) is 0.908. The van der Waals surface area contributed by atoms with Crippen LogP contribution >= 0.6 is 11.6 Å². The molecule has 0 aliphatic rings. The summed E-state index contributed by atoms with van der Waals surface area (Å²) in [4.78, 5) is 7.94. The highest BCUT2D eigenvalue weighted by molar-refractivity contribution is 6.29. The first-order valence-electron chi connectivity index (χ1n) is 5.15. The van der Waals surface area contributed by atoms with Crippen molar-refractivity contribution < 1.29 is 4.39 Å². The minimum Gasteiger partial charge on any atom is -0.362 e. The molecule has 1 N–H and O–H groups in total. The minimum absolute atomic E-state index is 0.205. The molecule has 0 spiro atoms. The molecular formula is C12H11ClFN3. The fourth-order valence-electron chi connectivity index (χ4n) is 1.54. The molecule has 0 saturated heterocycles. The van der Waals surface area contributed by atoms with Crippen molar-refractivity contribution in [2.45, 2.75) is 13.0 Å². The van der Waals surface area contributed by atoms with Crippen LogP contribution in [0.15, 0.2) is 36.7 Å². The van der Waals surface area contributed by atoms with Gasteiger partial charge in [-0.3, -0.25) is 4.98 Å². The highest BCUT2D eigenvalue weighted by Crippen LogP contribution is 2.20. The van der Waals surface area contributed by atoms with Crippen molar-refractivity contribution in [1.29, 1.82) is 0 Å². The molecule has 0 aliphatic heterocycles. The third kappa shape index (κ3) is 2.91. The number of hydrogen-bond acceptors (Lipinski definition) is 3. The molecule has 2 rings (SSSR count). The minimum atomic E-state index is -0.248. The Kier molecular flexibility index (Phi) is 3.54. The van der Waals surface area contributed by atoms with Crippen LogP contribution in [0.2, 0.25) is 5.15 Å². The van der Waals surface area contributed by atoms with E-state index in [4.69, 9.17) is 11.6 Å². The Labute approximate surface area is 104 Å². The predicted octanol–water partition coefficient (Wildman–Crippen LogP) is 3.44. The highest BCUT2D eigenvalue weighted by Gasteiger charge is 2.10. The van der Waals surface area contributed by atoms with Gasteiger partial charge >= 0.3 is 0 Å². The lowest BCUT2D eigenvalue weighted by atomic mass is 10.1. The standard InChI is InChI=1S/C12H11ClFN3/c1-8(9-4-2-3-5-10(9)14)16-12-7-15-6-11(13)17-12/h2-8H,1H3,(H,16,17). The summed E-state index contributed by atoms with van der Waals surface area (Å²) in [5, 5.41) is 3.34. The fraction of sp³-hybridized carbons (Fsp3) is 0.167. The smallest absolute Gasteiger partial charge is 0.149 e. The van der Waals surface area contributed by atoms with Crippen molar-refractivity contribution in [3.63, 3.8) is 0 Å². The van der Waals surface area contributed by atoms with Gasteiger partial charge in [-0.05, 0) is 13.0 Å². The Bertz CT molecular complexity index is 519. The summed E-state index contributed by atoms with van der Waals surface area (Å²) in [6.45, 7) is 1.85. The van der Waals surface area contributed by atoms with Crippen LogP contribution in [0.3, 0.4) is 0 Å². The van der Waals surface area contributed by atoms with Crippen molar-refractivity contribution in [1.82, 2.24) is 9.97 Å². The maximum Gasteiger partial charge on any atom is 0.149 e. The van der Waals surface area contributed by atoms with Gasteiger partial charge in [0.25, 0.3) is 0 Å². The van der Waals surface area contributed by atoms with E-state index in [1.54, 1.807) is 24.4 Å². The molecule has 1 atom stereocenters. The number of halogens is 2. The first-order chi connectivity index (χ1) is 8.16. The normalized spacial score (nSPS) is 12.2. The van der Waals surface area contributed by atoms with Gasteiger partial charge in [0.1, 0.15) is 16.8 Å². The molecular weight excluding hydrogens is 241 g/mol. The zero-order valence-electron chi connectivity index (χ0n) is 9.19. The molecule has 1 heterocycles. The van der Waals surface area contributed by atoms with E-state index in [1.807, 2.05) is 6.92 Å². The van der Waals surface area contributed by atoms with Crippen molar-refractivity contribution in [2.24, 2.45) is 0 Å². The Morgan fingerprint density at radius 3 is 2.76 bits per heavy atom. The monoisotopic (exact) mass is 251 g/mol. The molecule has 0 fully saturated rings. The van der Waals surface area contributed by atoms with Gasteiger partial charge in [0.2, 0.25) is 0 Å². The van der Waals surface area contributed by atoms with Gasteiger partial charge in [-0.2, -0.15) is 0 Å². The van der Waals surface area contributed by atoms with E-state index in [0.717, 1.165) is 0 Å². The second kappa shape index (κ2) is 5.10. The second-order valence-corrected chi connectivity index (χ2v) is 4.00. The number of nitrogens with one attached hydrogen (secondary N) is 1. The zero-order valence-corrected chi connectivity index (χ0v) is 9.95. The van der Waals surface area contributed by atoms with E-state index in [1.165, 1.54) is 12.3 Å². The summed E-state index contributed by atoms with van der Waals surface area (Å²) in [5.41, 5.74) is 0.578. The van der Waals surface area contributed by atoms with Gasteiger partial charge in [-0.25, -0.2) is 9.37 Å². The van der Waals surface area contributed by atoms with Crippen LogP contribution in [-0.2, 0) is 0 Å². The highest BCUT2D eigenvalue weighted by atomic mass is 35.5. The van der Waals surface area contributed by atoms with Crippen molar-refractivity contribution >= 4 is 17.4 Å². The van der Waals surface area contributed by atoms with Gasteiger partial charge in [0.05, 0.1) is 18.4 Å². The van der Waals surface area contributed by atoms with Crippen molar-refractivity contribution in [3.8, 4) is 0 Å². The van der Waals surface area contributed by atoms with Crippen LogP contribution in [0, 0.1) is 5.82 Å². The number of aromatic nitrogens is 2. The van der Waals surface area contributed by atoms with E-state index < -0.39 is 0 Å². The molecule has 5 heteroatoms. The van der Waals surface area contributed by atoms with Gasteiger partial charge in [-0.15, -0.1) is 0 Å². The first-order valence-corrected chi connectivity index (χ1v) is 5.53. The molecule has 1 aromatic heterocycles. The third-order valence-corrected chi connectivity index (χ3v) is 2.52. The Balaban J connectivity index is 2.17. The Morgan fingerprint density at radius 2 is 2.06 bits per heavy atom. The molecule has 0 aliphatic carbocycles. The summed E-state index contributed by atoms with van der Waals surface area (Å²) in [5.74, 6) is 0.274. The number of rotatable bonds is 3. The summed E-state index contributed by atoms with van der Waals surface area (Å²) in [6, 6.07) is 6.40. The molecule has 0 bridgehead atoms. The first kappa shape index (κ1) is 11.8. The summed E-state index contributed by atoms with van der Waals surface area (Å²) < 4.78 is 13.5. The van der Waals surface area contributed by atoms with E-state index in [-0.39, 0.29) is 11.9 Å². The van der Waals surface area contributed by atoms with Crippen molar-refractivity contribution in [3.05, 3.63) is 53.2 Å². The molecule has 0 radical (unpaired) electrons. The topological polar surface area (TPSA) is 37.8 Å². The van der Waals surface area contributed by atoms with Gasteiger partial charge in [-0.1, -0.05) is 29.8 Å². The van der Waals surface area contributed by atoms with Crippen LogP contribution in [0.25, 0.3) is 0 Å². The summed E-state index contributed by atoms with van der Waals surface area (Å²) in [6.07, 6.45) is 2.99. The largest absolute Gasteiger partial charge is 0.362 e. The molecule has 17 heavy (non-hydrogen) atoms. The lowest BCUT2D eigenvalue weighted by molar-refractivity contribution is 0.600. The predicted molar refractivity (Wildman–Crippen MR) is 65.5 cm³/mol. The van der Waals surface area contributed by atoms with E-state index in [9.17, 15) is 4.39 Å².